The molecule has 1 aromatic carbocycles. The molecule has 0 saturated carbocycles. The second-order valence-corrected chi connectivity index (χ2v) is 5.50. The lowest BCUT2D eigenvalue weighted by Gasteiger charge is -2.39. The number of benzene rings is 1. The van der Waals surface area contributed by atoms with Crippen LogP contribution < -0.4 is 4.90 Å². The maximum absolute atomic E-state index is 11.5. The fourth-order valence-electron chi connectivity index (χ4n) is 2.79. The Labute approximate surface area is 123 Å². The highest BCUT2D eigenvalue weighted by Crippen LogP contribution is 2.34. The predicted octanol–water partition coefficient (Wildman–Crippen LogP) is 3.29. The van der Waals surface area contributed by atoms with Crippen molar-refractivity contribution in [1.29, 1.82) is 5.26 Å². The van der Waals surface area contributed by atoms with Gasteiger partial charge in [0.15, 0.2) is 0 Å². The van der Waals surface area contributed by atoms with Crippen molar-refractivity contribution in [2.45, 2.75) is 32.2 Å². The third-order valence-corrected chi connectivity index (χ3v) is 4.30. The number of piperidine rings is 1. The van der Waals surface area contributed by atoms with Crippen LogP contribution in [0.15, 0.2) is 18.2 Å². The van der Waals surface area contributed by atoms with E-state index in [0.29, 0.717) is 35.2 Å². The molecule has 0 amide bonds. The van der Waals surface area contributed by atoms with Gasteiger partial charge < -0.3 is 10.0 Å². The van der Waals surface area contributed by atoms with Gasteiger partial charge in [-0.25, -0.2) is 4.79 Å². The Balaban J connectivity index is 2.38. The first-order chi connectivity index (χ1) is 9.58. The highest BCUT2D eigenvalue weighted by molar-refractivity contribution is 6.32. The topological polar surface area (TPSA) is 64.3 Å². The zero-order valence-corrected chi connectivity index (χ0v) is 12.1. The van der Waals surface area contributed by atoms with Crippen LogP contribution in [0.1, 0.15) is 31.7 Å². The predicted molar refractivity (Wildman–Crippen MR) is 78.0 cm³/mol. The summed E-state index contributed by atoms with van der Waals surface area (Å²) in [6, 6.07) is 6.67. The summed E-state index contributed by atoms with van der Waals surface area (Å²) in [5, 5.41) is 19.1. The van der Waals surface area contributed by atoms with Crippen molar-refractivity contribution in [3.05, 3.63) is 28.8 Å². The van der Waals surface area contributed by atoms with Gasteiger partial charge in [-0.2, -0.15) is 5.26 Å². The van der Waals surface area contributed by atoms with Gasteiger partial charge >= 0.3 is 5.97 Å². The minimum atomic E-state index is -0.841. The number of nitrogens with zero attached hydrogens (tertiary/aromatic N) is 2. The molecule has 1 fully saturated rings. The molecule has 0 aromatic heterocycles. The molecule has 0 aliphatic carbocycles. The first kappa shape index (κ1) is 14.7. The summed E-state index contributed by atoms with van der Waals surface area (Å²) in [7, 11) is 0. The van der Waals surface area contributed by atoms with E-state index in [-0.39, 0.29) is 0 Å². The number of carboxylic acids is 1. The molecule has 1 saturated heterocycles. The average molecular weight is 293 g/mol. The Morgan fingerprint density at radius 2 is 2.35 bits per heavy atom. The summed E-state index contributed by atoms with van der Waals surface area (Å²) in [6.45, 7) is 2.73. The minimum Gasteiger partial charge on any atom is -0.480 e. The summed E-state index contributed by atoms with van der Waals surface area (Å²) in [5.74, 6) is -0.413. The van der Waals surface area contributed by atoms with Crippen molar-refractivity contribution in [3.8, 4) is 6.07 Å². The minimum absolute atomic E-state index is 0.357. The van der Waals surface area contributed by atoms with E-state index in [0.717, 1.165) is 12.8 Å². The second-order valence-electron chi connectivity index (χ2n) is 5.09. The molecule has 0 radical (unpaired) electrons. The van der Waals surface area contributed by atoms with E-state index in [4.69, 9.17) is 11.6 Å². The SMILES string of the molecule is CCC1CCN(c2cccc(Cl)c2C#N)C(C(=O)O)C1. The highest BCUT2D eigenvalue weighted by atomic mass is 35.5. The highest BCUT2D eigenvalue weighted by Gasteiger charge is 2.34. The van der Waals surface area contributed by atoms with Crippen molar-refractivity contribution in [1.82, 2.24) is 0 Å². The molecular weight excluding hydrogens is 276 g/mol. The summed E-state index contributed by atoms with van der Waals surface area (Å²) in [4.78, 5) is 13.3. The number of hydrogen-bond acceptors (Lipinski definition) is 3. The third-order valence-electron chi connectivity index (χ3n) is 3.99. The van der Waals surface area contributed by atoms with Crippen molar-refractivity contribution in [3.63, 3.8) is 0 Å². The maximum Gasteiger partial charge on any atom is 0.326 e. The molecule has 2 rings (SSSR count). The standard InChI is InChI=1S/C15H17ClN2O2/c1-2-10-6-7-18(14(8-10)15(19)20)13-5-3-4-12(16)11(13)9-17/h3-5,10,14H,2,6-8H2,1H3,(H,19,20). The molecule has 106 valence electrons. The molecule has 2 unspecified atom stereocenters. The third kappa shape index (κ3) is 2.73. The summed E-state index contributed by atoms with van der Waals surface area (Å²) < 4.78 is 0. The number of rotatable bonds is 3. The molecule has 4 nitrogen and oxygen atoms in total. The molecule has 5 heteroatoms. The number of carbonyl (C=O) groups is 1. The van der Waals surface area contributed by atoms with E-state index in [1.165, 1.54) is 0 Å². The Kier molecular flexibility index (Phi) is 4.51. The Morgan fingerprint density at radius 1 is 1.60 bits per heavy atom. The Morgan fingerprint density at radius 3 is 2.95 bits per heavy atom. The van der Waals surface area contributed by atoms with Crippen molar-refractivity contribution in [2.75, 3.05) is 11.4 Å². The van der Waals surface area contributed by atoms with Crippen molar-refractivity contribution < 1.29 is 9.90 Å². The van der Waals surface area contributed by atoms with Crippen LogP contribution in [0, 0.1) is 17.2 Å². The summed E-state index contributed by atoms with van der Waals surface area (Å²) in [5.41, 5.74) is 0.984. The molecule has 1 heterocycles. The van der Waals surface area contributed by atoms with Gasteiger partial charge in [0.25, 0.3) is 0 Å². The van der Waals surface area contributed by atoms with Gasteiger partial charge in [-0.3, -0.25) is 0 Å². The van der Waals surface area contributed by atoms with Crippen LogP contribution in [0.3, 0.4) is 0 Å². The van der Waals surface area contributed by atoms with E-state index in [1.54, 1.807) is 23.1 Å². The lowest BCUT2D eigenvalue weighted by molar-refractivity contribution is -0.139. The van der Waals surface area contributed by atoms with Crippen molar-refractivity contribution >= 4 is 23.3 Å². The smallest absolute Gasteiger partial charge is 0.326 e. The summed E-state index contributed by atoms with van der Waals surface area (Å²) >= 11 is 6.04. The van der Waals surface area contributed by atoms with E-state index in [9.17, 15) is 15.2 Å². The quantitative estimate of drug-likeness (QED) is 0.928. The van der Waals surface area contributed by atoms with Crippen LogP contribution in [0.2, 0.25) is 5.02 Å². The first-order valence-electron chi connectivity index (χ1n) is 6.76. The van der Waals surface area contributed by atoms with Gasteiger partial charge in [-0.1, -0.05) is 31.0 Å². The zero-order valence-electron chi connectivity index (χ0n) is 11.3. The molecule has 0 spiro atoms. The molecule has 0 bridgehead atoms. The fraction of sp³-hybridized carbons (Fsp3) is 0.467. The largest absolute Gasteiger partial charge is 0.480 e. The van der Waals surface area contributed by atoms with Gasteiger partial charge in [0, 0.05) is 6.54 Å². The molecule has 2 atom stereocenters. The van der Waals surface area contributed by atoms with E-state index >= 15 is 0 Å². The zero-order chi connectivity index (χ0) is 14.7. The molecule has 1 aliphatic heterocycles. The number of halogens is 1. The van der Waals surface area contributed by atoms with Crippen molar-refractivity contribution in [2.24, 2.45) is 5.92 Å². The second kappa shape index (κ2) is 6.15. The van der Waals surface area contributed by atoms with Crippen LogP contribution in [0.4, 0.5) is 5.69 Å². The van der Waals surface area contributed by atoms with Gasteiger partial charge in [0.2, 0.25) is 0 Å². The monoisotopic (exact) mass is 292 g/mol. The Bertz CT molecular complexity index is 553. The normalized spacial score (nSPS) is 22.4. The molecule has 20 heavy (non-hydrogen) atoms. The number of nitriles is 1. The molecule has 1 aromatic rings. The van der Waals surface area contributed by atoms with E-state index < -0.39 is 12.0 Å². The maximum atomic E-state index is 11.5. The fourth-order valence-corrected chi connectivity index (χ4v) is 3.01. The van der Waals surface area contributed by atoms with Crippen LogP contribution in [0.5, 0.6) is 0 Å². The van der Waals surface area contributed by atoms with Crippen LogP contribution in [-0.4, -0.2) is 23.7 Å². The van der Waals surface area contributed by atoms with Gasteiger partial charge in [0.1, 0.15) is 12.1 Å². The lowest BCUT2D eigenvalue weighted by atomic mass is 9.88. The summed E-state index contributed by atoms with van der Waals surface area (Å²) in [6.07, 6.45) is 2.54. The number of anilines is 1. The van der Waals surface area contributed by atoms with E-state index in [1.807, 2.05) is 0 Å². The van der Waals surface area contributed by atoms with E-state index in [2.05, 4.69) is 13.0 Å². The lowest BCUT2D eigenvalue weighted by Crippen LogP contribution is -2.47. The molecular formula is C15H17ClN2O2. The molecule has 1 N–H and O–H groups in total. The van der Waals surface area contributed by atoms with Crippen LogP contribution in [-0.2, 0) is 4.79 Å². The number of carboxylic acid groups (broad SMARTS) is 1. The van der Waals surface area contributed by atoms with Gasteiger partial charge in [-0.15, -0.1) is 0 Å². The van der Waals surface area contributed by atoms with Gasteiger partial charge in [-0.05, 0) is 30.9 Å². The number of aliphatic carboxylic acids is 1. The molecule has 1 aliphatic rings. The number of hydrogen-bond donors (Lipinski definition) is 1. The Hall–Kier alpha value is -1.73. The first-order valence-corrected chi connectivity index (χ1v) is 7.14. The van der Waals surface area contributed by atoms with Crippen LogP contribution in [0.25, 0.3) is 0 Å². The average Bonchev–Trinajstić information content (AvgIpc) is 2.46. The van der Waals surface area contributed by atoms with Gasteiger partial charge in [0.05, 0.1) is 16.3 Å². The van der Waals surface area contributed by atoms with Crippen LogP contribution >= 0.6 is 11.6 Å².